The van der Waals surface area contributed by atoms with Gasteiger partial charge in [0.25, 0.3) is 0 Å². The maximum atomic E-state index is 14.6. The number of allylic oxidation sites excluding steroid dienone is 3. The molecule has 0 spiro atoms. The third kappa shape index (κ3) is 3.64. The van der Waals surface area contributed by atoms with Gasteiger partial charge in [0.2, 0.25) is 0 Å². The zero-order chi connectivity index (χ0) is 17.1. The molecule has 2 heterocycles. The Kier molecular flexibility index (Phi) is 5.60. The molecule has 124 valence electrons. The number of aryl methyl sites for hydroxylation is 2. The summed E-state index contributed by atoms with van der Waals surface area (Å²) in [7, 11) is -1.57. The quantitative estimate of drug-likeness (QED) is 0.645. The molecule has 4 nitrogen and oxygen atoms in total. The van der Waals surface area contributed by atoms with Crippen molar-refractivity contribution in [2.24, 2.45) is 4.99 Å². The Hall–Kier alpha value is -1.66. The van der Waals surface area contributed by atoms with Gasteiger partial charge >= 0.3 is 7.33 Å². The van der Waals surface area contributed by atoms with Gasteiger partial charge in [0.1, 0.15) is 0 Å². The van der Waals surface area contributed by atoms with Crippen LogP contribution in [0.25, 0.3) is 5.57 Å². The van der Waals surface area contributed by atoms with Crippen LogP contribution in [0, 0.1) is 13.8 Å². The van der Waals surface area contributed by atoms with Crippen molar-refractivity contribution in [3.63, 3.8) is 0 Å². The van der Waals surface area contributed by atoms with Crippen LogP contribution in [0.5, 0.6) is 0 Å². The van der Waals surface area contributed by atoms with Crippen molar-refractivity contribution in [1.29, 1.82) is 0 Å². The van der Waals surface area contributed by atoms with Crippen LogP contribution >= 0.6 is 0 Å². The predicted octanol–water partition coefficient (Wildman–Crippen LogP) is 3.46. The summed E-state index contributed by atoms with van der Waals surface area (Å²) in [6, 6.07) is 1.95. The van der Waals surface area contributed by atoms with Crippen molar-refractivity contribution in [2.75, 3.05) is 13.2 Å². The molecule has 0 saturated heterocycles. The SMILES string of the molecule is CC1=CC(C)=N/C1=C(/C)c1c(C)cc(C)n1B(F)OCCCO. The summed E-state index contributed by atoms with van der Waals surface area (Å²) in [5.41, 5.74) is 6.48. The summed E-state index contributed by atoms with van der Waals surface area (Å²) in [5.74, 6) is 0. The van der Waals surface area contributed by atoms with Crippen molar-refractivity contribution in [3.05, 3.63) is 40.4 Å². The van der Waals surface area contributed by atoms with Crippen LogP contribution in [0.15, 0.2) is 28.4 Å². The van der Waals surface area contributed by atoms with Crippen LogP contribution in [-0.2, 0) is 4.65 Å². The second-order valence-corrected chi connectivity index (χ2v) is 5.98. The van der Waals surface area contributed by atoms with Crippen molar-refractivity contribution in [3.8, 4) is 0 Å². The molecule has 2 rings (SSSR count). The van der Waals surface area contributed by atoms with E-state index in [1.54, 1.807) is 4.48 Å². The fraction of sp³-hybridized carbons (Fsp3) is 0.471. The Balaban J connectivity index is 2.44. The number of rotatable bonds is 6. The third-order valence-corrected chi connectivity index (χ3v) is 3.98. The highest BCUT2D eigenvalue weighted by Gasteiger charge is 2.27. The summed E-state index contributed by atoms with van der Waals surface area (Å²) < 4.78 is 21.4. The minimum Gasteiger partial charge on any atom is -0.396 e. The first kappa shape index (κ1) is 17.7. The minimum absolute atomic E-state index is 0.00960. The maximum Gasteiger partial charge on any atom is 0.637 e. The minimum atomic E-state index is -1.57. The molecule has 0 aliphatic carbocycles. The molecule has 1 aromatic rings. The summed E-state index contributed by atoms with van der Waals surface area (Å²) in [6.45, 7) is 9.93. The maximum absolute atomic E-state index is 14.6. The number of halogens is 1. The topological polar surface area (TPSA) is 46.8 Å². The first-order chi connectivity index (χ1) is 10.9. The van der Waals surface area contributed by atoms with E-state index in [0.717, 1.165) is 39.5 Å². The Morgan fingerprint density at radius 2 is 2.04 bits per heavy atom. The Bertz CT molecular complexity index is 689. The van der Waals surface area contributed by atoms with Gasteiger partial charge < -0.3 is 14.2 Å². The first-order valence-electron chi connectivity index (χ1n) is 7.87. The third-order valence-electron chi connectivity index (χ3n) is 3.98. The first-order valence-corrected chi connectivity index (χ1v) is 7.87. The zero-order valence-corrected chi connectivity index (χ0v) is 14.5. The number of nitrogens with zero attached hydrogens (tertiary/aromatic N) is 2. The van der Waals surface area contributed by atoms with Gasteiger partial charge in [-0.3, -0.25) is 9.31 Å². The van der Waals surface area contributed by atoms with Crippen molar-refractivity contribution in [1.82, 2.24) is 4.48 Å². The number of aliphatic hydroxyl groups excluding tert-OH is 1. The fourth-order valence-corrected chi connectivity index (χ4v) is 3.05. The second-order valence-electron chi connectivity index (χ2n) is 5.98. The lowest BCUT2D eigenvalue weighted by molar-refractivity contribution is 0.219. The summed E-state index contributed by atoms with van der Waals surface area (Å²) in [4.78, 5) is 4.57. The zero-order valence-electron chi connectivity index (χ0n) is 14.5. The van der Waals surface area contributed by atoms with Crippen LogP contribution in [-0.4, -0.2) is 35.8 Å². The molecule has 0 unspecified atom stereocenters. The van der Waals surface area contributed by atoms with E-state index in [9.17, 15) is 4.32 Å². The van der Waals surface area contributed by atoms with E-state index in [2.05, 4.69) is 4.99 Å². The van der Waals surface area contributed by atoms with Gasteiger partial charge in [-0.25, -0.2) is 0 Å². The Labute approximate surface area is 137 Å². The highest BCUT2D eigenvalue weighted by atomic mass is 19.1. The molecule has 0 amide bonds. The van der Waals surface area contributed by atoms with Gasteiger partial charge in [-0.2, -0.15) is 0 Å². The number of hydrogen-bond acceptors (Lipinski definition) is 3. The van der Waals surface area contributed by atoms with Gasteiger partial charge in [-0.1, -0.05) is 0 Å². The average molecular weight is 318 g/mol. The van der Waals surface area contributed by atoms with Crippen LogP contribution in [0.1, 0.15) is 44.1 Å². The molecule has 0 fully saturated rings. The standard InChI is InChI=1S/C17H24BFN2O2/c1-11-9-13(3)20-16(11)15(5)17-12(2)10-14(4)21(17)18(19)23-8-6-7-22/h9-10,22H,6-8H2,1-5H3/b16-15-. The summed E-state index contributed by atoms with van der Waals surface area (Å²) >= 11 is 0. The largest absolute Gasteiger partial charge is 0.637 e. The van der Waals surface area contributed by atoms with Gasteiger partial charge in [0.05, 0.1) is 5.70 Å². The molecule has 0 atom stereocenters. The molecular formula is C17H24BFN2O2. The molecule has 0 bridgehead atoms. The molecule has 1 aliphatic heterocycles. The van der Waals surface area contributed by atoms with E-state index in [0.29, 0.717) is 6.42 Å². The fourth-order valence-electron chi connectivity index (χ4n) is 3.05. The highest BCUT2D eigenvalue weighted by molar-refractivity contribution is 6.42. The van der Waals surface area contributed by atoms with E-state index < -0.39 is 7.33 Å². The number of hydrogen-bond donors (Lipinski definition) is 1. The molecule has 1 aliphatic rings. The molecule has 0 saturated carbocycles. The predicted molar refractivity (Wildman–Crippen MR) is 93.3 cm³/mol. The lowest BCUT2D eigenvalue weighted by atomic mass is 10.0. The van der Waals surface area contributed by atoms with E-state index in [1.165, 1.54) is 0 Å². The molecule has 1 N–H and O–H groups in total. The van der Waals surface area contributed by atoms with Crippen LogP contribution < -0.4 is 0 Å². The molecule has 6 heteroatoms. The normalized spacial score (nSPS) is 16.5. The van der Waals surface area contributed by atoms with Gasteiger partial charge in [-0.15, -0.1) is 0 Å². The molecular weight excluding hydrogens is 294 g/mol. The van der Waals surface area contributed by atoms with E-state index in [4.69, 9.17) is 9.76 Å². The van der Waals surface area contributed by atoms with Crippen molar-refractivity contribution < 1.29 is 14.1 Å². The van der Waals surface area contributed by atoms with Gasteiger partial charge in [-0.05, 0) is 69.9 Å². The number of aliphatic hydroxyl groups is 1. The lowest BCUT2D eigenvalue weighted by Gasteiger charge is -2.16. The summed E-state index contributed by atoms with van der Waals surface area (Å²) in [6.07, 6.45) is 2.44. The number of aromatic nitrogens is 1. The summed E-state index contributed by atoms with van der Waals surface area (Å²) in [5, 5.41) is 8.81. The van der Waals surface area contributed by atoms with E-state index >= 15 is 0 Å². The van der Waals surface area contributed by atoms with E-state index in [1.807, 2.05) is 46.8 Å². The average Bonchev–Trinajstić information content (AvgIpc) is 2.96. The molecule has 0 radical (unpaired) electrons. The van der Waals surface area contributed by atoms with Gasteiger partial charge in [0.15, 0.2) is 0 Å². The lowest BCUT2D eigenvalue weighted by Crippen LogP contribution is -2.27. The number of aliphatic imine (C=N–C) groups is 1. The van der Waals surface area contributed by atoms with Crippen molar-refractivity contribution in [2.45, 2.75) is 41.0 Å². The molecule has 1 aromatic heterocycles. The van der Waals surface area contributed by atoms with Crippen LogP contribution in [0.2, 0.25) is 0 Å². The van der Waals surface area contributed by atoms with Crippen LogP contribution in [0.3, 0.4) is 0 Å². The van der Waals surface area contributed by atoms with Gasteiger partial charge in [0, 0.05) is 30.3 Å². The smallest absolute Gasteiger partial charge is 0.396 e. The highest BCUT2D eigenvalue weighted by Crippen LogP contribution is 2.32. The molecule has 0 aromatic carbocycles. The Morgan fingerprint density at radius 3 is 2.61 bits per heavy atom. The Morgan fingerprint density at radius 1 is 1.35 bits per heavy atom. The monoisotopic (exact) mass is 318 g/mol. The van der Waals surface area contributed by atoms with Crippen LogP contribution in [0.4, 0.5) is 4.32 Å². The van der Waals surface area contributed by atoms with Crippen molar-refractivity contribution >= 4 is 18.6 Å². The molecule has 23 heavy (non-hydrogen) atoms. The van der Waals surface area contributed by atoms with E-state index in [-0.39, 0.29) is 13.2 Å². The second kappa shape index (κ2) is 7.28.